The van der Waals surface area contributed by atoms with Crippen LogP contribution < -0.4 is 15.1 Å². The van der Waals surface area contributed by atoms with Gasteiger partial charge in [-0.1, -0.05) is 36.4 Å². The fourth-order valence-corrected chi connectivity index (χ4v) is 3.52. The predicted octanol–water partition coefficient (Wildman–Crippen LogP) is 3.11. The van der Waals surface area contributed by atoms with E-state index in [0.717, 1.165) is 16.5 Å². The van der Waals surface area contributed by atoms with Crippen LogP contribution in [0.3, 0.4) is 0 Å². The van der Waals surface area contributed by atoms with Crippen LogP contribution in [0.25, 0.3) is 10.8 Å². The van der Waals surface area contributed by atoms with Crippen molar-refractivity contribution in [2.45, 2.75) is 0 Å². The van der Waals surface area contributed by atoms with Crippen LogP contribution in [0.1, 0.15) is 5.56 Å². The van der Waals surface area contributed by atoms with Crippen molar-refractivity contribution >= 4 is 34.3 Å². The maximum Gasteiger partial charge on any atom is 0.277 e. The van der Waals surface area contributed by atoms with Crippen molar-refractivity contribution in [1.82, 2.24) is 5.43 Å². The summed E-state index contributed by atoms with van der Waals surface area (Å²) in [5.41, 5.74) is 3.71. The minimum atomic E-state index is -0.461. The number of amides is 1. The third kappa shape index (κ3) is 5.01. The van der Waals surface area contributed by atoms with E-state index in [1.54, 1.807) is 12.1 Å². The average Bonchev–Trinajstić information content (AvgIpc) is 2.83. The van der Waals surface area contributed by atoms with Gasteiger partial charge in [0, 0.05) is 41.9 Å². The summed E-state index contributed by atoms with van der Waals surface area (Å²) in [5, 5.41) is 17.1. The molecule has 1 N–H and O–H groups in total. The maximum atomic E-state index is 12.2. The monoisotopic (exact) mass is 434 g/mol. The van der Waals surface area contributed by atoms with Gasteiger partial charge in [0.05, 0.1) is 24.4 Å². The number of hydrazone groups is 1. The van der Waals surface area contributed by atoms with E-state index in [4.69, 9.17) is 9.47 Å². The standard InChI is InChI=1S/C23H22N4O5/c28-23(16-32-22-7-3-5-17-4-1-2-6-20(17)22)25-24-15-18-14-19(27(29)30)8-9-21(18)26-10-12-31-13-11-26/h1-9,14-15H,10-13,16H2,(H,25,28)/b24-15+. The molecule has 32 heavy (non-hydrogen) atoms. The lowest BCUT2D eigenvalue weighted by atomic mass is 10.1. The maximum absolute atomic E-state index is 12.2. The fourth-order valence-electron chi connectivity index (χ4n) is 3.52. The first kappa shape index (κ1) is 21.3. The number of carbonyl (C=O) groups excluding carboxylic acids is 1. The van der Waals surface area contributed by atoms with Crippen molar-refractivity contribution in [3.05, 3.63) is 76.3 Å². The van der Waals surface area contributed by atoms with E-state index in [-0.39, 0.29) is 12.3 Å². The molecule has 1 aliphatic heterocycles. The highest BCUT2D eigenvalue weighted by atomic mass is 16.6. The van der Waals surface area contributed by atoms with Gasteiger partial charge in [0.15, 0.2) is 6.61 Å². The molecule has 9 heteroatoms. The topological polar surface area (TPSA) is 106 Å². The number of fused-ring (bicyclic) bond motifs is 1. The molecule has 3 aromatic carbocycles. The minimum Gasteiger partial charge on any atom is -0.483 e. The molecule has 4 rings (SSSR count). The van der Waals surface area contributed by atoms with Crippen LogP contribution >= 0.6 is 0 Å². The largest absolute Gasteiger partial charge is 0.483 e. The van der Waals surface area contributed by atoms with Crippen LogP contribution in [0.4, 0.5) is 11.4 Å². The van der Waals surface area contributed by atoms with Crippen LogP contribution in [0, 0.1) is 10.1 Å². The summed E-state index contributed by atoms with van der Waals surface area (Å²) < 4.78 is 11.0. The lowest BCUT2D eigenvalue weighted by molar-refractivity contribution is -0.384. The van der Waals surface area contributed by atoms with Gasteiger partial charge in [-0.15, -0.1) is 0 Å². The summed E-state index contributed by atoms with van der Waals surface area (Å²) in [6, 6.07) is 18.0. The number of rotatable bonds is 7. The van der Waals surface area contributed by atoms with E-state index in [1.165, 1.54) is 18.3 Å². The van der Waals surface area contributed by atoms with E-state index in [2.05, 4.69) is 15.4 Å². The Hall–Kier alpha value is -3.98. The Labute approximate surface area is 184 Å². The first-order valence-corrected chi connectivity index (χ1v) is 10.2. The van der Waals surface area contributed by atoms with Gasteiger partial charge in [-0.2, -0.15) is 5.10 Å². The van der Waals surface area contributed by atoms with Gasteiger partial charge in [-0.3, -0.25) is 14.9 Å². The zero-order valence-electron chi connectivity index (χ0n) is 17.3. The second-order valence-corrected chi connectivity index (χ2v) is 7.16. The van der Waals surface area contributed by atoms with Crippen LogP contribution in [0.2, 0.25) is 0 Å². The molecule has 3 aromatic rings. The number of morpholine rings is 1. The number of nitrogens with one attached hydrogen (secondary N) is 1. The number of hydrogen-bond donors (Lipinski definition) is 1. The third-order valence-electron chi connectivity index (χ3n) is 5.07. The Bertz CT molecular complexity index is 1150. The number of anilines is 1. The molecule has 0 spiro atoms. The Morgan fingerprint density at radius 3 is 2.75 bits per heavy atom. The zero-order chi connectivity index (χ0) is 22.3. The van der Waals surface area contributed by atoms with Crippen molar-refractivity contribution in [3.63, 3.8) is 0 Å². The highest BCUT2D eigenvalue weighted by Crippen LogP contribution is 2.26. The number of non-ortho nitro benzene ring substituents is 1. The van der Waals surface area contributed by atoms with E-state index in [9.17, 15) is 14.9 Å². The van der Waals surface area contributed by atoms with Gasteiger partial charge in [-0.05, 0) is 17.5 Å². The number of nitro benzene ring substituents is 1. The summed E-state index contributed by atoms with van der Waals surface area (Å²) in [6.45, 7) is 2.29. The summed E-state index contributed by atoms with van der Waals surface area (Å²) in [4.78, 5) is 25.0. The van der Waals surface area contributed by atoms with Gasteiger partial charge in [0.2, 0.25) is 0 Å². The molecule has 0 atom stereocenters. The SMILES string of the molecule is O=C(COc1cccc2ccccc12)N/N=C/c1cc([N+](=O)[O-])ccc1N1CCOCC1. The minimum absolute atomic E-state index is 0.0472. The third-order valence-corrected chi connectivity index (χ3v) is 5.07. The van der Waals surface area contributed by atoms with E-state index < -0.39 is 10.8 Å². The van der Waals surface area contributed by atoms with E-state index in [1.807, 2.05) is 36.4 Å². The molecule has 1 heterocycles. The molecule has 0 bridgehead atoms. The van der Waals surface area contributed by atoms with Crippen molar-refractivity contribution < 1.29 is 19.2 Å². The Balaban J connectivity index is 1.42. The number of hydrogen-bond acceptors (Lipinski definition) is 7. The Morgan fingerprint density at radius 2 is 1.94 bits per heavy atom. The quantitative estimate of drug-likeness (QED) is 0.348. The lowest BCUT2D eigenvalue weighted by Gasteiger charge is -2.29. The number of benzene rings is 3. The first-order valence-electron chi connectivity index (χ1n) is 10.2. The molecule has 0 aromatic heterocycles. The molecule has 0 saturated carbocycles. The lowest BCUT2D eigenvalue weighted by Crippen LogP contribution is -2.36. The highest BCUT2D eigenvalue weighted by Gasteiger charge is 2.17. The predicted molar refractivity (Wildman–Crippen MR) is 121 cm³/mol. The smallest absolute Gasteiger partial charge is 0.277 e. The number of carbonyl (C=O) groups is 1. The first-order chi connectivity index (χ1) is 15.6. The summed E-state index contributed by atoms with van der Waals surface area (Å²) in [6.07, 6.45) is 1.41. The molecule has 0 aliphatic carbocycles. The van der Waals surface area contributed by atoms with E-state index in [0.29, 0.717) is 37.6 Å². The van der Waals surface area contributed by atoms with Crippen LogP contribution in [-0.2, 0) is 9.53 Å². The normalized spacial score (nSPS) is 13.9. The van der Waals surface area contributed by atoms with Crippen molar-refractivity contribution in [2.75, 3.05) is 37.8 Å². The Kier molecular flexibility index (Phi) is 6.57. The molecule has 1 fully saturated rings. The fraction of sp³-hybridized carbons (Fsp3) is 0.217. The number of nitro groups is 1. The molecule has 1 saturated heterocycles. The van der Waals surface area contributed by atoms with Gasteiger partial charge in [0.1, 0.15) is 5.75 Å². The Morgan fingerprint density at radius 1 is 1.16 bits per heavy atom. The summed E-state index contributed by atoms with van der Waals surface area (Å²) >= 11 is 0. The molecule has 0 radical (unpaired) electrons. The number of ether oxygens (including phenoxy) is 2. The van der Waals surface area contributed by atoms with Crippen LogP contribution in [0.5, 0.6) is 5.75 Å². The highest BCUT2D eigenvalue weighted by molar-refractivity contribution is 5.91. The van der Waals surface area contributed by atoms with Crippen molar-refractivity contribution in [3.8, 4) is 5.75 Å². The van der Waals surface area contributed by atoms with Crippen molar-refractivity contribution in [1.29, 1.82) is 0 Å². The van der Waals surface area contributed by atoms with Crippen LogP contribution in [-0.4, -0.2) is 50.0 Å². The molecular weight excluding hydrogens is 412 g/mol. The molecule has 0 unspecified atom stereocenters. The number of nitrogens with zero attached hydrogens (tertiary/aromatic N) is 3. The van der Waals surface area contributed by atoms with Gasteiger partial charge < -0.3 is 14.4 Å². The van der Waals surface area contributed by atoms with Crippen molar-refractivity contribution in [2.24, 2.45) is 5.10 Å². The average molecular weight is 434 g/mol. The van der Waals surface area contributed by atoms with E-state index >= 15 is 0 Å². The van der Waals surface area contributed by atoms with Crippen LogP contribution in [0.15, 0.2) is 65.8 Å². The van der Waals surface area contributed by atoms with Gasteiger partial charge in [0.25, 0.3) is 11.6 Å². The van der Waals surface area contributed by atoms with Gasteiger partial charge >= 0.3 is 0 Å². The summed E-state index contributed by atoms with van der Waals surface area (Å²) in [5.74, 6) is 0.169. The second kappa shape index (κ2) is 9.88. The molecule has 164 valence electrons. The molecule has 1 aliphatic rings. The zero-order valence-corrected chi connectivity index (χ0v) is 17.3. The molecule has 9 nitrogen and oxygen atoms in total. The second-order valence-electron chi connectivity index (χ2n) is 7.16. The molecule has 1 amide bonds. The summed E-state index contributed by atoms with van der Waals surface area (Å²) in [7, 11) is 0. The van der Waals surface area contributed by atoms with Gasteiger partial charge in [-0.25, -0.2) is 5.43 Å². The molecular formula is C23H22N4O5.